The van der Waals surface area contributed by atoms with E-state index in [-0.39, 0.29) is 4.90 Å². The Hall–Kier alpha value is -2.32. The lowest BCUT2D eigenvalue weighted by Gasteiger charge is -2.13. The van der Waals surface area contributed by atoms with E-state index in [4.69, 9.17) is 35.4 Å². The monoisotopic (exact) mass is 465 g/mol. The minimum absolute atomic E-state index is 0.127. The highest BCUT2D eigenvalue weighted by molar-refractivity contribution is 7.92. The average molecular weight is 466 g/mol. The summed E-state index contributed by atoms with van der Waals surface area (Å²) in [4.78, 5) is 0.127. The molecule has 0 radical (unpaired) electrons. The second kappa shape index (κ2) is 9.00. The molecule has 0 aliphatic carbocycles. The third-order valence-corrected chi connectivity index (χ3v) is 6.06. The first-order valence-corrected chi connectivity index (χ1v) is 11.1. The van der Waals surface area contributed by atoms with Crippen molar-refractivity contribution in [1.82, 2.24) is 0 Å². The van der Waals surface area contributed by atoms with Gasteiger partial charge in [0.1, 0.15) is 0 Å². The maximum absolute atomic E-state index is 12.5. The molecule has 0 aromatic heterocycles. The Bertz CT molecular complexity index is 1130. The maximum Gasteiger partial charge on any atom is 0.261 e. The van der Waals surface area contributed by atoms with E-state index < -0.39 is 10.0 Å². The van der Waals surface area contributed by atoms with Crippen molar-refractivity contribution in [2.75, 3.05) is 15.4 Å². The first kappa shape index (κ1) is 21.4. The van der Waals surface area contributed by atoms with Crippen molar-refractivity contribution in [1.29, 1.82) is 0 Å². The predicted molar refractivity (Wildman–Crippen MR) is 125 cm³/mol. The van der Waals surface area contributed by atoms with Crippen LogP contribution in [-0.4, -0.2) is 13.5 Å². The molecule has 0 amide bonds. The number of halogens is 2. The van der Waals surface area contributed by atoms with Gasteiger partial charge in [-0.15, -0.1) is 0 Å². The summed E-state index contributed by atoms with van der Waals surface area (Å²) in [6.45, 7) is 1.94. The molecule has 0 fully saturated rings. The molecule has 0 saturated heterocycles. The van der Waals surface area contributed by atoms with Crippen LogP contribution in [0, 0.1) is 6.92 Å². The summed E-state index contributed by atoms with van der Waals surface area (Å²) < 4.78 is 27.5. The van der Waals surface area contributed by atoms with E-state index in [2.05, 4.69) is 15.4 Å². The second-order valence-electron chi connectivity index (χ2n) is 6.18. The Morgan fingerprint density at radius 2 is 1.41 bits per heavy atom. The lowest BCUT2D eigenvalue weighted by atomic mass is 10.2. The van der Waals surface area contributed by atoms with Crippen LogP contribution in [0.4, 0.5) is 17.1 Å². The highest BCUT2D eigenvalue weighted by atomic mass is 35.5. The molecule has 5 nitrogen and oxygen atoms in total. The third-order valence-electron chi connectivity index (χ3n) is 3.97. The smallest absolute Gasteiger partial charge is 0.261 e. The lowest BCUT2D eigenvalue weighted by Crippen LogP contribution is -2.19. The van der Waals surface area contributed by atoms with Gasteiger partial charge in [0.15, 0.2) is 5.11 Å². The fourth-order valence-corrected chi connectivity index (χ4v) is 4.05. The van der Waals surface area contributed by atoms with Gasteiger partial charge in [-0.05, 0) is 85.4 Å². The molecule has 0 unspecified atom stereocenters. The molecule has 0 heterocycles. The Kier molecular flexibility index (Phi) is 6.64. The number of rotatable bonds is 5. The minimum atomic E-state index is -3.71. The summed E-state index contributed by atoms with van der Waals surface area (Å²) in [6.07, 6.45) is 0. The fourth-order valence-electron chi connectivity index (χ4n) is 2.46. The van der Waals surface area contributed by atoms with Crippen molar-refractivity contribution >= 4 is 67.6 Å². The highest BCUT2D eigenvalue weighted by Crippen LogP contribution is 2.22. The fraction of sp³-hybridized carbons (Fsp3) is 0.0500. The van der Waals surface area contributed by atoms with E-state index in [0.29, 0.717) is 26.5 Å². The number of sulfonamides is 1. The van der Waals surface area contributed by atoms with Crippen molar-refractivity contribution in [2.45, 2.75) is 11.8 Å². The van der Waals surface area contributed by atoms with Gasteiger partial charge in [0, 0.05) is 27.1 Å². The highest BCUT2D eigenvalue weighted by Gasteiger charge is 2.14. The average Bonchev–Trinajstić information content (AvgIpc) is 2.67. The van der Waals surface area contributed by atoms with E-state index in [9.17, 15) is 8.42 Å². The molecule has 3 aromatic rings. The molecule has 3 rings (SSSR count). The first-order valence-electron chi connectivity index (χ1n) is 8.45. The van der Waals surface area contributed by atoms with Gasteiger partial charge in [0.25, 0.3) is 10.0 Å². The van der Waals surface area contributed by atoms with Gasteiger partial charge in [-0.3, -0.25) is 4.72 Å². The van der Waals surface area contributed by atoms with Crippen LogP contribution >= 0.6 is 35.4 Å². The standard InChI is InChI=1S/C20H17Cl2N3O2S2/c1-13-2-3-15(22)12-19(13)24-20(28)23-16-8-10-18(11-9-16)29(26,27)25-17-6-4-14(21)5-7-17/h2-12,25H,1H3,(H2,23,24,28). The predicted octanol–water partition coefficient (Wildman–Crippen LogP) is 5.91. The first-order chi connectivity index (χ1) is 13.7. The largest absolute Gasteiger partial charge is 0.332 e. The molecule has 0 aliphatic rings. The van der Waals surface area contributed by atoms with Crippen LogP contribution in [0.15, 0.2) is 71.6 Å². The van der Waals surface area contributed by atoms with Crippen LogP contribution < -0.4 is 15.4 Å². The van der Waals surface area contributed by atoms with Crippen molar-refractivity contribution in [3.63, 3.8) is 0 Å². The molecular formula is C20H17Cl2N3O2S2. The molecule has 0 aliphatic heterocycles. The van der Waals surface area contributed by atoms with Gasteiger partial charge in [0.2, 0.25) is 0 Å². The molecule has 0 bridgehead atoms. The van der Waals surface area contributed by atoms with Gasteiger partial charge < -0.3 is 10.6 Å². The molecule has 3 aromatic carbocycles. The number of thiocarbonyl (C=S) groups is 1. The minimum Gasteiger partial charge on any atom is -0.332 e. The molecule has 150 valence electrons. The third kappa shape index (κ3) is 5.83. The summed E-state index contributed by atoms with van der Waals surface area (Å²) >= 11 is 17.2. The Morgan fingerprint density at radius 1 is 0.828 bits per heavy atom. The summed E-state index contributed by atoms with van der Waals surface area (Å²) in [7, 11) is -3.71. The number of hydrogen-bond donors (Lipinski definition) is 3. The Labute approximate surface area is 185 Å². The SMILES string of the molecule is Cc1ccc(Cl)cc1NC(=S)Nc1ccc(S(=O)(=O)Nc2ccc(Cl)cc2)cc1. The molecular weight excluding hydrogens is 449 g/mol. The van der Waals surface area contributed by atoms with E-state index in [1.54, 1.807) is 48.5 Å². The summed E-state index contributed by atoms with van der Waals surface area (Å²) in [5.74, 6) is 0. The topological polar surface area (TPSA) is 70.2 Å². The van der Waals surface area contributed by atoms with E-state index in [0.717, 1.165) is 11.3 Å². The number of nitrogens with one attached hydrogen (secondary N) is 3. The lowest BCUT2D eigenvalue weighted by molar-refractivity contribution is 0.601. The van der Waals surface area contributed by atoms with Crippen molar-refractivity contribution in [3.05, 3.63) is 82.3 Å². The van der Waals surface area contributed by atoms with Crippen molar-refractivity contribution < 1.29 is 8.42 Å². The van der Waals surface area contributed by atoms with E-state index in [1.165, 1.54) is 12.1 Å². The number of benzene rings is 3. The van der Waals surface area contributed by atoms with Gasteiger partial charge in [-0.25, -0.2) is 8.42 Å². The summed E-state index contributed by atoms with van der Waals surface area (Å²) in [5.41, 5.74) is 2.86. The van der Waals surface area contributed by atoms with Crippen LogP contribution in [0.2, 0.25) is 10.0 Å². The molecule has 9 heteroatoms. The molecule has 0 atom stereocenters. The van der Waals surface area contributed by atoms with Crippen LogP contribution in [0.3, 0.4) is 0 Å². The number of anilines is 3. The van der Waals surface area contributed by atoms with Gasteiger partial charge in [-0.1, -0.05) is 29.3 Å². The maximum atomic E-state index is 12.5. The van der Waals surface area contributed by atoms with Gasteiger partial charge >= 0.3 is 0 Å². The zero-order chi connectivity index (χ0) is 21.0. The van der Waals surface area contributed by atoms with Gasteiger partial charge in [0.05, 0.1) is 4.90 Å². The van der Waals surface area contributed by atoms with Crippen LogP contribution in [0.25, 0.3) is 0 Å². The van der Waals surface area contributed by atoms with Crippen LogP contribution in [-0.2, 0) is 10.0 Å². The number of hydrogen-bond acceptors (Lipinski definition) is 3. The molecule has 0 spiro atoms. The molecule has 29 heavy (non-hydrogen) atoms. The quantitative estimate of drug-likeness (QED) is 0.408. The van der Waals surface area contributed by atoms with Crippen molar-refractivity contribution in [3.8, 4) is 0 Å². The zero-order valence-electron chi connectivity index (χ0n) is 15.2. The molecule has 3 N–H and O–H groups in total. The van der Waals surface area contributed by atoms with Crippen molar-refractivity contribution in [2.24, 2.45) is 0 Å². The zero-order valence-corrected chi connectivity index (χ0v) is 18.4. The molecule has 0 saturated carbocycles. The van der Waals surface area contributed by atoms with Gasteiger partial charge in [-0.2, -0.15) is 0 Å². The summed E-state index contributed by atoms with van der Waals surface area (Å²) in [6, 6.07) is 18.1. The van der Waals surface area contributed by atoms with Crippen LogP contribution in [0.1, 0.15) is 5.56 Å². The van der Waals surface area contributed by atoms with Crippen LogP contribution in [0.5, 0.6) is 0 Å². The summed E-state index contributed by atoms with van der Waals surface area (Å²) in [5, 5.41) is 7.59. The Balaban J connectivity index is 1.67. The van der Waals surface area contributed by atoms with E-state index in [1.807, 2.05) is 13.0 Å². The number of aryl methyl sites for hydroxylation is 1. The second-order valence-corrected chi connectivity index (χ2v) is 9.14. The normalized spacial score (nSPS) is 11.0. The Morgan fingerprint density at radius 3 is 2.07 bits per heavy atom. The van der Waals surface area contributed by atoms with E-state index >= 15 is 0 Å².